The van der Waals surface area contributed by atoms with Crippen LogP contribution in [0.25, 0.3) is 16.3 Å². The van der Waals surface area contributed by atoms with Crippen LogP contribution in [0, 0.1) is 5.41 Å². The molecule has 1 heterocycles. The van der Waals surface area contributed by atoms with Gasteiger partial charge in [0, 0.05) is 35.9 Å². The fourth-order valence-electron chi connectivity index (χ4n) is 5.05. The lowest BCUT2D eigenvalue weighted by Crippen LogP contribution is -2.33. The molecule has 0 fully saturated rings. The summed E-state index contributed by atoms with van der Waals surface area (Å²) in [5, 5.41) is 8.83. The molecule has 4 heteroatoms. The van der Waals surface area contributed by atoms with Gasteiger partial charge in [0.05, 0.1) is 6.04 Å². The van der Waals surface area contributed by atoms with Crippen LogP contribution in [-0.2, 0) is 9.59 Å². The number of anilines is 2. The van der Waals surface area contributed by atoms with Crippen molar-refractivity contribution in [1.29, 1.82) is 0 Å². The first-order chi connectivity index (χ1) is 14.8. The number of allylic oxidation sites excluding steroid dienone is 1. The molecule has 0 spiro atoms. The fourth-order valence-corrected chi connectivity index (χ4v) is 5.05. The Hall–Kier alpha value is -3.40. The molecule has 4 nitrogen and oxygen atoms in total. The number of amides is 1. The molecule has 156 valence electrons. The van der Waals surface area contributed by atoms with Crippen LogP contribution in [0.2, 0.25) is 0 Å². The third-order valence-corrected chi connectivity index (χ3v) is 6.30. The molecular formula is C27H26N2O2. The molecular weight excluding hydrogens is 384 g/mol. The molecule has 0 unspecified atom stereocenters. The smallest absolute Gasteiger partial charge is 0.221 e. The maximum Gasteiger partial charge on any atom is 0.221 e. The van der Waals surface area contributed by atoms with Crippen molar-refractivity contribution in [1.82, 2.24) is 0 Å². The van der Waals surface area contributed by atoms with Crippen molar-refractivity contribution < 1.29 is 9.59 Å². The largest absolute Gasteiger partial charge is 0.373 e. The summed E-state index contributed by atoms with van der Waals surface area (Å²) >= 11 is 0. The minimum Gasteiger partial charge on any atom is -0.373 e. The Morgan fingerprint density at radius 1 is 1.00 bits per heavy atom. The second kappa shape index (κ2) is 7.09. The van der Waals surface area contributed by atoms with E-state index in [0.717, 1.165) is 28.9 Å². The molecule has 2 aliphatic rings. The molecule has 0 saturated carbocycles. The van der Waals surface area contributed by atoms with Crippen molar-refractivity contribution in [3.63, 3.8) is 0 Å². The van der Waals surface area contributed by atoms with Crippen LogP contribution in [-0.4, -0.2) is 11.7 Å². The molecule has 3 aromatic carbocycles. The first-order valence-electron chi connectivity index (χ1n) is 10.7. The maximum atomic E-state index is 13.4. The van der Waals surface area contributed by atoms with E-state index in [0.29, 0.717) is 6.42 Å². The number of ketones is 1. The zero-order valence-corrected chi connectivity index (χ0v) is 18.1. The Morgan fingerprint density at radius 3 is 2.48 bits per heavy atom. The summed E-state index contributed by atoms with van der Waals surface area (Å²) in [6, 6.07) is 20.2. The standard InChI is InChI=1S/C27H26N2O2/c1-16(30)28-19-11-8-18(9-12-19)26-25-21(14-27(2,3)15-23(25)31)24-20-7-5-4-6-17(20)10-13-22(24)29-26/h4-13,26,29H,14-15H2,1-3H3,(H,28,30)/t26-/m0/s1. The Balaban J connectivity index is 1.69. The maximum absolute atomic E-state index is 13.4. The summed E-state index contributed by atoms with van der Waals surface area (Å²) in [7, 11) is 0. The van der Waals surface area contributed by atoms with Gasteiger partial charge in [-0.2, -0.15) is 0 Å². The molecule has 1 atom stereocenters. The number of carbonyl (C=O) groups is 2. The van der Waals surface area contributed by atoms with Gasteiger partial charge in [0.25, 0.3) is 0 Å². The van der Waals surface area contributed by atoms with Crippen molar-refractivity contribution in [2.24, 2.45) is 5.41 Å². The molecule has 3 aromatic rings. The lowest BCUT2D eigenvalue weighted by Gasteiger charge is -2.40. The van der Waals surface area contributed by atoms with Crippen LogP contribution < -0.4 is 10.6 Å². The number of hydrogen-bond donors (Lipinski definition) is 2. The third-order valence-electron chi connectivity index (χ3n) is 6.30. The van der Waals surface area contributed by atoms with Gasteiger partial charge in [0.2, 0.25) is 5.91 Å². The van der Waals surface area contributed by atoms with Gasteiger partial charge >= 0.3 is 0 Å². The third kappa shape index (κ3) is 3.42. The molecule has 1 amide bonds. The summed E-state index contributed by atoms with van der Waals surface area (Å²) in [5.74, 6) is 0.118. The van der Waals surface area contributed by atoms with Gasteiger partial charge in [-0.15, -0.1) is 0 Å². The number of benzene rings is 3. The van der Waals surface area contributed by atoms with Crippen molar-refractivity contribution in [2.45, 2.75) is 39.7 Å². The van der Waals surface area contributed by atoms with Gasteiger partial charge in [-0.3, -0.25) is 9.59 Å². The Kier molecular flexibility index (Phi) is 4.47. The van der Waals surface area contributed by atoms with Crippen LogP contribution in [0.15, 0.2) is 66.2 Å². The van der Waals surface area contributed by atoms with Gasteiger partial charge in [0.15, 0.2) is 5.78 Å². The van der Waals surface area contributed by atoms with Crippen molar-refractivity contribution in [3.05, 3.63) is 77.4 Å². The van der Waals surface area contributed by atoms with Crippen molar-refractivity contribution in [2.75, 3.05) is 10.6 Å². The van der Waals surface area contributed by atoms with E-state index in [2.05, 4.69) is 60.9 Å². The van der Waals surface area contributed by atoms with E-state index < -0.39 is 0 Å². The Bertz CT molecular complexity index is 1250. The monoisotopic (exact) mass is 410 g/mol. The molecule has 1 aliphatic carbocycles. The predicted molar refractivity (Wildman–Crippen MR) is 126 cm³/mol. The van der Waals surface area contributed by atoms with E-state index in [1.165, 1.54) is 28.8 Å². The molecule has 0 saturated heterocycles. The first kappa shape index (κ1) is 19.6. The van der Waals surface area contributed by atoms with E-state index in [4.69, 9.17) is 0 Å². The summed E-state index contributed by atoms with van der Waals surface area (Å²) in [4.78, 5) is 24.8. The van der Waals surface area contributed by atoms with Crippen LogP contribution in [0.1, 0.15) is 50.8 Å². The summed E-state index contributed by atoms with van der Waals surface area (Å²) in [6.45, 7) is 5.86. The fraction of sp³-hybridized carbons (Fsp3) is 0.259. The highest BCUT2D eigenvalue weighted by molar-refractivity contribution is 6.12. The highest BCUT2D eigenvalue weighted by Gasteiger charge is 2.40. The normalized spacial score (nSPS) is 19.5. The van der Waals surface area contributed by atoms with E-state index in [9.17, 15) is 9.59 Å². The molecule has 2 N–H and O–H groups in total. The minimum absolute atomic E-state index is 0.0682. The number of rotatable bonds is 2. The second-order valence-electron chi connectivity index (χ2n) is 9.42. The summed E-state index contributed by atoms with van der Waals surface area (Å²) in [5.41, 5.74) is 6.00. The van der Waals surface area contributed by atoms with Gasteiger partial charge in [-0.1, -0.05) is 56.3 Å². The SMILES string of the molecule is CC(=O)Nc1ccc([C@@H]2Nc3ccc4ccccc4c3C3=C2C(=O)CC(C)(C)C3)cc1. The van der Waals surface area contributed by atoms with Crippen LogP contribution in [0.3, 0.4) is 0 Å². The zero-order chi connectivity index (χ0) is 21.8. The first-order valence-corrected chi connectivity index (χ1v) is 10.7. The molecule has 31 heavy (non-hydrogen) atoms. The highest BCUT2D eigenvalue weighted by atomic mass is 16.1. The molecule has 0 radical (unpaired) electrons. The van der Waals surface area contributed by atoms with Crippen molar-refractivity contribution in [3.8, 4) is 0 Å². The Labute approximate surface area is 182 Å². The molecule has 1 aliphatic heterocycles. The van der Waals surface area contributed by atoms with Crippen LogP contribution >= 0.6 is 0 Å². The zero-order valence-electron chi connectivity index (χ0n) is 18.1. The van der Waals surface area contributed by atoms with E-state index >= 15 is 0 Å². The van der Waals surface area contributed by atoms with Crippen LogP contribution in [0.5, 0.6) is 0 Å². The molecule has 0 bridgehead atoms. The summed E-state index contributed by atoms with van der Waals surface area (Å²) in [6.07, 6.45) is 1.42. The summed E-state index contributed by atoms with van der Waals surface area (Å²) < 4.78 is 0. The lowest BCUT2D eigenvalue weighted by molar-refractivity contribution is -0.118. The lowest BCUT2D eigenvalue weighted by atomic mass is 9.68. The average molecular weight is 411 g/mol. The molecule has 5 rings (SSSR count). The van der Waals surface area contributed by atoms with E-state index in [1.807, 2.05) is 24.3 Å². The predicted octanol–water partition coefficient (Wildman–Crippen LogP) is 6.11. The number of carbonyl (C=O) groups excluding carboxylic acids is 2. The minimum atomic E-state index is -0.196. The van der Waals surface area contributed by atoms with Crippen LogP contribution in [0.4, 0.5) is 11.4 Å². The topological polar surface area (TPSA) is 58.2 Å². The quantitative estimate of drug-likeness (QED) is 0.536. The molecule has 0 aromatic heterocycles. The Morgan fingerprint density at radius 2 is 1.74 bits per heavy atom. The number of fused-ring (bicyclic) bond motifs is 4. The van der Waals surface area contributed by atoms with Crippen molar-refractivity contribution >= 4 is 39.4 Å². The number of Topliss-reactive ketones (excluding diaryl/α,β-unsaturated/α-hetero) is 1. The van der Waals surface area contributed by atoms with Gasteiger partial charge in [-0.05, 0) is 51.9 Å². The van der Waals surface area contributed by atoms with Gasteiger partial charge in [-0.25, -0.2) is 0 Å². The average Bonchev–Trinajstić information content (AvgIpc) is 2.72. The number of nitrogens with one attached hydrogen (secondary N) is 2. The van der Waals surface area contributed by atoms with E-state index in [-0.39, 0.29) is 23.1 Å². The van der Waals surface area contributed by atoms with Gasteiger partial charge in [0.1, 0.15) is 0 Å². The van der Waals surface area contributed by atoms with E-state index in [1.54, 1.807) is 0 Å². The second-order valence-corrected chi connectivity index (χ2v) is 9.42. The highest BCUT2D eigenvalue weighted by Crippen LogP contribution is 2.52. The van der Waals surface area contributed by atoms with Gasteiger partial charge < -0.3 is 10.6 Å². The number of hydrogen-bond acceptors (Lipinski definition) is 3.